The van der Waals surface area contributed by atoms with E-state index in [0.29, 0.717) is 40.5 Å². The fraction of sp³-hybridized carbons (Fsp3) is 0.333. The molecule has 2 aromatic heterocycles. The molecule has 3 aromatic rings. The number of benzene rings is 1. The predicted molar refractivity (Wildman–Crippen MR) is 122 cm³/mol. The highest BCUT2D eigenvalue weighted by atomic mass is 35.5. The molecule has 11 heteroatoms. The molecule has 0 saturated carbocycles. The number of amides is 2. The zero-order valence-corrected chi connectivity index (χ0v) is 19.4. The second-order valence-corrected chi connectivity index (χ2v) is 8.16. The predicted octanol–water partition coefficient (Wildman–Crippen LogP) is 4.08. The Morgan fingerprint density at radius 1 is 1.12 bits per heavy atom. The van der Waals surface area contributed by atoms with Gasteiger partial charge in [-0.2, -0.15) is 10.2 Å². The number of carbonyl (C=O) groups excluding carboxylic acids is 2. The summed E-state index contributed by atoms with van der Waals surface area (Å²) >= 11 is 12.1. The number of hydrogen-bond donors (Lipinski definition) is 2. The van der Waals surface area contributed by atoms with Crippen molar-refractivity contribution in [3.8, 4) is 5.75 Å². The molecule has 9 nitrogen and oxygen atoms in total. The van der Waals surface area contributed by atoms with E-state index in [1.165, 1.54) is 4.68 Å². The zero-order valence-electron chi connectivity index (χ0n) is 17.9. The molecule has 0 spiro atoms. The second-order valence-electron chi connectivity index (χ2n) is 7.37. The fourth-order valence-corrected chi connectivity index (χ4v) is 3.04. The number of hydrogen-bond acceptors (Lipinski definition) is 5. The van der Waals surface area contributed by atoms with Gasteiger partial charge in [-0.3, -0.25) is 14.3 Å². The number of anilines is 1. The zero-order chi connectivity index (χ0) is 23.3. The van der Waals surface area contributed by atoms with Crippen LogP contribution >= 0.6 is 23.2 Å². The Balaban J connectivity index is 1.67. The van der Waals surface area contributed by atoms with Gasteiger partial charge < -0.3 is 15.4 Å². The summed E-state index contributed by atoms with van der Waals surface area (Å²) in [6, 6.07) is 6.60. The van der Waals surface area contributed by atoms with Gasteiger partial charge in [-0.15, -0.1) is 0 Å². The Morgan fingerprint density at radius 3 is 2.62 bits per heavy atom. The third kappa shape index (κ3) is 5.80. The normalized spacial score (nSPS) is 10.9. The Hall–Kier alpha value is -3.04. The van der Waals surface area contributed by atoms with Crippen molar-refractivity contribution in [2.45, 2.75) is 34.0 Å². The van der Waals surface area contributed by atoms with E-state index in [4.69, 9.17) is 27.9 Å². The first-order valence-corrected chi connectivity index (χ1v) is 10.8. The van der Waals surface area contributed by atoms with E-state index < -0.39 is 5.91 Å². The van der Waals surface area contributed by atoms with Crippen LogP contribution in [0.4, 0.5) is 5.69 Å². The van der Waals surface area contributed by atoms with Gasteiger partial charge in [-0.05, 0) is 31.0 Å². The molecule has 3 rings (SSSR count). The number of nitrogens with one attached hydrogen (secondary N) is 2. The van der Waals surface area contributed by atoms with Crippen molar-refractivity contribution in [3.05, 3.63) is 58.1 Å². The molecule has 0 aliphatic heterocycles. The van der Waals surface area contributed by atoms with E-state index >= 15 is 0 Å². The van der Waals surface area contributed by atoms with E-state index in [9.17, 15) is 9.59 Å². The molecule has 0 fully saturated rings. The maximum absolute atomic E-state index is 12.7. The van der Waals surface area contributed by atoms with Crippen molar-refractivity contribution in [1.29, 1.82) is 0 Å². The monoisotopic (exact) mass is 478 g/mol. The fourth-order valence-electron chi connectivity index (χ4n) is 2.70. The molecule has 0 bridgehead atoms. The summed E-state index contributed by atoms with van der Waals surface area (Å²) in [6.45, 7) is 6.97. The Kier molecular flexibility index (Phi) is 7.76. The first-order chi connectivity index (χ1) is 15.3. The summed E-state index contributed by atoms with van der Waals surface area (Å²) < 4.78 is 8.64. The lowest BCUT2D eigenvalue weighted by Crippen LogP contribution is -2.28. The van der Waals surface area contributed by atoms with Gasteiger partial charge in [0.05, 0.1) is 10.7 Å². The quantitative estimate of drug-likeness (QED) is 0.482. The van der Waals surface area contributed by atoms with Crippen LogP contribution in [0.3, 0.4) is 0 Å². The lowest BCUT2D eigenvalue weighted by molar-refractivity contribution is 0.0944. The third-order valence-corrected chi connectivity index (χ3v) is 5.16. The van der Waals surface area contributed by atoms with Gasteiger partial charge in [0.15, 0.2) is 18.1 Å². The Morgan fingerprint density at radius 2 is 1.91 bits per heavy atom. The summed E-state index contributed by atoms with van der Waals surface area (Å²) in [5.41, 5.74) is 0.623. The van der Waals surface area contributed by atoms with Crippen LogP contribution in [-0.4, -0.2) is 37.9 Å². The molecular weight excluding hydrogens is 455 g/mol. The first kappa shape index (κ1) is 23.6. The number of nitrogens with zero attached hydrogens (tertiary/aromatic N) is 4. The van der Waals surface area contributed by atoms with Crippen molar-refractivity contribution in [2.75, 3.05) is 11.9 Å². The lowest BCUT2D eigenvalue weighted by Gasteiger charge is -2.09. The summed E-state index contributed by atoms with van der Waals surface area (Å²) in [7, 11) is 0. The van der Waals surface area contributed by atoms with Gasteiger partial charge >= 0.3 is 0 Å². The maximum Gasteiger partial charge on any atom is 0.276 e. The number of halogens is 2. The first-order valence-electron chi connectivity index (χ1n) is 10.1. The van der Waals surface area contributed by atoms with E-state index in [1.807, 2.05) is 20.8 Å². The minimum absolute atomic E-state index is 0.0317. The summed E-state index contributed by atoms with van der Waals surface area (Å²) in [6.07, 6.45) is 3.21. The number of aromatic nitrogens is 4. The average molecular weight is 479 g/mol. The smallest absolute Gasteiger partial charge is 0.276 e. The van der Waals surface area contributed by atoms with Crippen molar-refractivity contribution < 1.29 is 14.3 Å². The van der Waals surface area contributed by atoms with Gasteiger partial charge in [-0.1, -0.05) is 43.1 Å². The summed E-state index contributed by atoms with van der Waals surface area (Å²) in [5, 5.41) is 14.7. The molecular formula is C21H24Cl2N6O3. The van der Waals surface area contributed by atoms with E-state index in [-0.39, 0.29) is 24.0 Å². The van der Waals surface area contributed by atoms with Crippen molar-refractivity contribution in [3.63, 3.8) is 0 Å². The standard InChI is InChI=1S/C21H24Cl2N6O3/c1-4-28-11-16(19(27-28)21(31)24-10-13(2)3)25-20(30)15-8-9-29(26-15)12-32-17-7-5-6-14(22)18(17)23/h5-9,11,13H,4,10,12H2,1-3H3,(H,24,31)(H,25,30). The highest BCUT2D eigenvalue weighted by molar-refractivity contribution is 6.42. The van der Waals surface area contributed by atoms with Gasteiger partial charge in [0, 0.05) is 25.5 Å². The van der Waals surface area contributed by atoms with Gasteiger partial charge in [0.25, 0.3) is 11.8 Å². The van der Waals surface area contributed by atoms with Crippen LogP contribution in [0, 0.1) is 5.92 Å². The maximum atomic E-state index is 12.7. The SMILES string of the molecule is CCn1cc(NC(=O)c2ccn(COc3cccc(Cl)c3Cl)n2)c(C(=O)NCC(C)C)n1. The highest BCUT2D eigenvalue weighted by Gasteiger charge is 2.20. The largest absolute Gasteiger partial charge is 0.470 e. The van der Waals surface area contributed by atoms with Crippen LogP contribution < -0.4 is 15.4 Å². The molecule has 0 unspecified atom stereocenters. The molecule has 2 heterocycles. The van der Waals surface area contributed by atoms with Crippen molar-refractivity contribution >= 4 is 40.7 Å². The lowest BCUT2D eigenvalue weighted by atomic mass is 10.2. The van der Waals surface area contributed by atoms with E-state index in [0.717, 1.165) is 0 Å². The molecule has 0 aliphatic carbocycles. The van der Waals surface area contributed by atoms with Crippen molar-refractivity contribution in [2.24, 2.45) is 5.92 Å². The molecule has 2 amide bonds. The molecule has 1 aromatic carbocycles. The van der Waals surface area contributed by atoms with Gasteiger partial charge in [0.1, 0.15) is 10.8 Å². The molecule has 0 radical (unpaired) electrons. The van der Waals surface area contributed by atoms with Crippen molar-refractivity contribution in [1.82, 2.24) is 24.9 Å². The molecule has 0 saturated heterocycles. The molecule has 0 aliphatic rings. The van der Waals surface area contributed by atoms with E-state index in [2.05, 4.69) is 20.8 Å². The van der Waals surface area contributed by atoms with Gasteiger partial charge in [0.2, 0.25) is 0 Å². The van der Waals surface area contributed by atoms with Crippen LogP contribution in [0.15, 0.2) is 36.7 Å². The average Bonchev–Trinajstić information content (AvgIpc) is 3.40. The number of ether oxygens (including phenoxy) is 1. The molecule has 2 N–H and O–H groups in total. The molecule has 32 heavy (non-hydrogen) atoms. The topological polar surface area (TPSA) is 103 Å². The van der Waals surface area contributed by atoms with Crippen LogP contribution in [-0.2, 0) is 13.3 Å². The third-order valence-electron chi connectivity index (χ3n) is 4.36. The molecule has 0 atom stereocenters. The minimum Gasteiger partial charge on any atom is -0.470 e. The van der Waals surface area contributed by atoms with E-state index in [1.54, 1.807) is 41.3 Å². The highest BCUT2D eigenvalue weighted by Crippen LogP contribution is 2.31. The van der Waals surface area contributed by atoms with Gasteiger partial charge in [-0.25, -0.2) is 4.68 Å². The van der Waals surface area contributed by atoms with Crippen LogP contribution in [0.25, 0.3) is 0 Å². The number of carbonyl (C=O) groups is 2. The van der Waals surface area contributed by atoms with Crippen LogP contribution in [0.2, 0.25) is 10.0 Å². The Labute approximate surface area is 195 Å². The second kappa shape index (κ2) is 10.5. The van der Waals surface area contributed by atoms with Crippen LogP contribution in [0.5, 0.6) is 5.75 Å². The minimum atomic E-state index is -0.474. The summed E-state index contributed by atoms with van der Waals surface area (Å²) in [5.74, 6) is -0.125. The Bertz CT molecular complexity index is 1110. The number of aryl methyl sites for hydroxylation is 1. The number of rotatable bonds is 9. The van der Waals surface area contributed by atoms with Crippen LogP contribution in [0.1, 0.15) is 41.7 Å². The summed E-state index contributed by atoms with van der Waals surface area (Å²) in [4.78, 5) is 25.2. The molecule has 170 valence electrons.